The summed E-state index contributed by atoms with van der Waals surface area (Å²) >= 11 is 0. The maximum Gasteiger partial charge on any atom is 0.248 e. The molecule has 1 amide bonds. The van der Waals surface area contributed by atoms with Crippen molar-refractivity contribution in [2.45, 2.75) is 20.8 Å². The summed E-state index contributed by atoms with van der Waals surface area (Å²) in [6, 6.07) is 14.1. The molecule has 2 nitrogen and oxygen atoms in total. The Morgan fingerprint density at radius 1 is 0.900 bits per heavy atom. The number of amides is 1. The second-order valence-corrected chi connectivity index (χ2v) is 5.11. The lowest BCUT2D eigenvalue weighted by Crippen LogP contribution is -2.08. The summed E-state index contributed by atoms with van der Waals surface area (Å²) in [5, 5.41) is 2.88. The van der Waals surface area contributed by atoms with E-state index in [1.807, 2.05) is 63.2 Å². The Labute approximate surface area is 120 Å². The van der Waals surface area contributed by atoms with Crippen LogP contribution in [-0.2, 0) is 4.79 Å². The lowest BCUT2D eigenvalue weighted by atomic mass is 10.1. The number of carbonyl (C=O) groups is 1. The Morgan fingerprint density at radius 3 is 2.10 bits per heavy atom. The number of nitrogens with one attached hydrogen (secondary N) is 1. The molecule has 0 aromatic heterocycles. The number of aryl methyl sites for hydroxylation is 3. The van der Waals surface area contributed by atoms with Gasteiger partial charge < -0.3 is 5.32 Å². The van der Waals surface area contributed by atoms with Crippen molar-refractivity contribution in [1.29, 1.82) is 0 Å². The van der Waals surface area contributed by atoms with Crippen LogP contribution < -0.4 is 5.32 Å². The zero-order valence-electron chi connectivity index (χ0n) is 12.1. The van der Waals surface area contributed by atoms with E-state index in [0.29, 0.717) is 0 Å². The zero-order chi connectivity index (χ0) is 14.5. The van der Waals surface area contributed by atoms with Gasteiger partial charge in [0.05, 0.1) is 0 Å². The molecular weight excluding hydrogens is 246 g/mol. The number of benzene rings is 2. The SMILES string of the molecule is Cc1ccc(C=CC(=O)Nc2cc(C)cc(C)c2)cc1. The normalized spacial score (nSPS) is 10.8. The molecule has 0 aliphatic rings. The molecule has 0 saturated carbocycles. The van der Waals surface area contributed by atoms with Crippen LogP contribution in [0.2, 0.25) is 0 Å². The van der Waals surface area contributed by atoms with Crippen molar-refractivity contribution in [3.63, 3.8) is 0 Å². The smallest absolute Gasteiger partial charge is 0.248 e. The first-order chi connectivity index (χ1) is 9.52. The van der Waals surface area contributed by atoms with Crippen LogP contribution in [0.5, 0.6) is 0 Å². The minimum Gasteiger partial charge on any atom is -0.322 e. The fourth-order valence-corrected chi connectivity index (χ4v) is 2.08. The minimum absolute atomic E-state index is 0.115. The van der Waals surface area contributed by atoms with Crippen molar-refractivity contribution in [3.05, 3.63) is 70.8 Å². The molecule has 0 saturated heterocycles. The Bertz CT molecular complexity index is 619. The first-order valence-electron chi connectivity index (χ1n) is 6.67. The van der Waals surface area contributed by atoms with Gasteiger partial charge >= 0.3 is 0 Å². The molecule has 20 heavy (non-hydrogen) atoms. The number of rotatable bonds is 3. The summed E-state index contributed by atoms with van der Waals surface area (Å²) in [5.41, 5.74) is 5.35. The molecule has 1 N–H and O–H groups in total. The maximum absolute atomic E-state index is 11.9. The fraction of sp³-hybridized carbons (Fsp3) is 0.167. The van der Waals surface area contributed by atoms with Gasteiger partial charge in [-0.3, -0.25) is 4.79 Å². The van der Waals surface area contributed by atoms with Crippen molar-refractivity contribution in [2.75, 3.05) is 5.32 Å². The van der Waals surface area contributed by atoms with Gasteiger partial charge in [-0.15, -0.1) is 0 Å². The van der Waals surface area contributed by atoms with E-state index in [0.717, 1.165) is 22.4 Å². The highest BCUT2D eigenvalue weighted by atomic mass is 16.1. The summed E-state index contributed by atoms with van der Waals surface area (Å²) in [6.07, 6.45) is 3.37. The van der Waals surface area contributed by atoms with Gasteiger partial charge in [0, 0.05) is 11.8 Å². The van der Waals surface area contributed by atoms with Crippen LogP contribution in [0.4, 0.5) is 5.69 Å². The molecule has 0 spiro atoms. The summed E-state index contributed by atoms with van der Waals surface area (Å²) in [5.74, 6) is -0.115. The lowest BCUT2D eigenvalue weighted by Gasteiger charge is -2.05. The van der Waals surface area contributed by atoms with Crippen molar-refractivity contribution in [1.82, 2.24) is 0 Å². The van der Waals surface area contributed by atoms with Gasteiger partial charge in [-0.1, -0.05) is 35.9 Å². The largest absolute Gasteiger partial charge is 0.322 e. The van der Waals surface area contributed by atoms with Crippen molar-refractivity contribution >= 4 is 17.7 Å². The average Bonchev–Trinajstić information content (AvgIpc) is 2.37. The molecule has 2 aromatic carbocycles. The van der Waals surface area contributed by atoms with Crippen LogP contribution in [0.3, 0.4) is 0 Å². The van der Waals surface area contributed by atoms with Crippen molar-refractivity contribution in [2.24, 2.45) is 0 Å². The quantitative estimate of drug-likeness (QED) is 0.825. The standard InChI is InChI=1S/C18H19NO/c1-13-4-6-16(7-5-13)8-9-18(20)19-17-11-14(2)10-15(3)12-17/h4-12H,1-3H3,(H,19,20). The van der Waals surface area contributed by atoms with Crippen LogP contribution >= 0.6 is 0 Å². The highest BCUT2D eigenvalue weighted by molar-refractivity contribution is 6.02. The highest BCUT2D eigenvalue weighted by Gasteiger charge is 1.99. The highest BCUT2D eigenvalue weighted by Crippen LogP contribution is 2.14. The second-order valence-electron chi connectivity index (χ2n) is 5.11. The van der Waals surface area contributed by atoms with E-state index in [9.17, 15) is 4.79 Å². The number of anilines is 1. The van der Waals surface area contributed by atoms with E-state index < -0.39 is 0 Å². The lowest BCUT2D eigenvalue weighted by molar-refractivity contribution is -0.111. The van der Waals surface area contributed by atoms with Gasteiger partial charge in [0.1, 0.15) is 0 Å². The molecule has 0 unspecified atom stereocenters. The molecule has 0 heterocycles. The molecule has 2 heteroatoms. The van der Waals surface area contributed by atoms with Gasteiger partial charge in [0.25, 0.3) is 0 Å². The molecule has 102 valence electrons. The summed E-state index contributed by atoms with van der Waals surface area (Å²) < 4.78 is 0. The molecule has 0 radical (unpaired) electrons. The van der Waals surface area contributed by atoms with Crippen molar-refractivity contribution in [3.8, 4) is 0 Å². The Kier molecular flexibility index (Phi) is 4.36. The van der Waals surface area contributed by atoms with Gasteiger partial charge in [-0.25, -0.2) is 0 Å². The van der Waals surface area contributed by atoms with Gasteiger partial charge in [-0.05, 0) is 55.7 Å². The first kappa shape index (κ1) is 14.1. The average molecular weight is 265 g/mol. The summed E-state index contributed by atoms with van der Waals surface area (Å²) in [7, 11) is 0. The monoisotopic (exact) mass is 265 g/mol. The summed E-state index contributed by atoms with van der Waals surface area (Å²) in [4.78, 5) is 11.9. The molecule has 0 fully saturated rings. The second kappa shape index (κ2) is 6.20. The van der Waals surface area contributed by atoms with E-state index in [4.69, 9.17) is 0 Å². The van der Waals surface area contributed by atoms with E-state index in [-0.39, 0.29) is 5.91 Å². The number of hydrogen-bond donors (Lipinski definition) is 1. The third-order valence-corrected chi connectivity index (χ3v) is 2.99. The van der Waals surface area contributed by atoms with Crippen LogP contribution in [0, 0.1) is 20.8 Å². The first-order valence-corrected chi connectivity index (χ1v) is 6.67. The Balaban J connectivity index is 2.03. The van der Waals surface area contributed by atoms with E-state index in [1.54, 1.807) is 6.08 Å². The third kappa shape index (κ3) is 4.09. The molecule has 2 rings (SSSR count). The van der Waals surface area contributed by atoms with Crippen LogP contribution in [-0.4, -0.2) is 5.91 Å². The molecular formula is C18H19NO. The number of hydrogen-bond acceptors (Lipinski definition) is 1. The van der Waals surface area contributed by atoms with E-state index in [2.05, 4.69) is 11.4 Å². The molecule has 0 aliphatic heterocycles. The van der Waals surface area contributed by atoms with Crippen LogP contribution in [0.25, 0.3) is 6.08 Å². The van der Waals surface area contributed by atoms with Crippen molar-refractivity contribution < 1.29 is 4.79 Å². The molecule has 0 aliphatic carbocycles. The topological polar surface area (TPSA) is 29.1 Å². The molecule has 2 aromatic rings. The maximum atomic E-state index is 11.9. The number of carbonyl (C=O) groups excluding carboxylic acids is 1. The van der Waals surface area contributed by atoms with Gasteiger partial charge in [0.2, 0.25) is 5.91 Å². The van der Waals surface area contributed by atoms with E-state index >= 15 is 0 Å². The predicted molar refractivity (Wildman–Crippen MR) is 84.8 cm³/mol. The minimum atomic E-state index is -0.115. The van der Waals surface area contributed by atoms with Gasteiger partial charge in [-0.2, -0.15) is 0 Å². The van der Waals surface area contributed by atoms with Gasteiger partial charge in [0.15, 0.2) is 0 Å². The summed E-state index contributed by atoms with van der Waals surface area (Å²) in [6.45, 7) is 6.08. The zero-order valence-corrected chi connectivity index (χ0v) is 12.1. The predicted octanol–water partition coefficient (Wildman–Crippen LogP) is 4.26. The van der Waals surface area contributed by atoms with Crippen LogP contribution in [0.15, 0.2) is 48.5 Å². The van der Waals surface area contributed by atoms with Crippen LogP contribution in [0.1, 0.15) is 22.3 Å². The Hall–Kier alpha value is -2.35. The molecule has 0 bridgehead atoms. The fourth-order valence-electron chi connectivity index (χ4n) is 2.08. The van der Waals surface area contributed by atoms with E-state index in [1.165, 1.54) is 5.56 Å². The Morgan fingerprint density at radius 2 is 1.50 bits per heavy atom. The molecule has 0 atom stereocenters. The third-order valence-electron chi connectivity index (χ3n) is 2.99.